The second kappa shape index (κ2) is 5.53. The fraction of sp³-hybridized carbons (Fsp3) is 0.500. The van der Waals surface area contributed by atoms with Gasteiger partial charge in [-0.2, -0.15) is 0 Å². The predicted molar refractivity (Wildman–Crippen MR) is 66.4 cm³/mol. The van der Waals surface area contributed by atoms with Crippen LogP contribution in [0.5, 0.6) is 5.75 Å². The summed E-state index contributed by atoms with van der Waals surface area (Å²) < 4.78 is 5.13. The molecule has 1 atom stereocenters. The van der Waals surface area contributed by atoms with Gasteiger partial charge in [-0.3, -0.25) is 0 Å². The van der Waals surface area contributed by atoms with E-state index in [0.29, 0.717) is 11.1 Å². The molecule has 0 bridgehead atoms. The maximum absolute atomic E-state index is 6.09. The van der Waals surface area contributed by atoms with E-state index in [2.05, 4.69) is 16.7 Å². The summed E-state index contributed by atoms with van der Waals surface area (Å²) in [7, 11) is 1.63. The number of methoxy groups -OCH3 is 1. The van der Waals surface area contributed by atoms with Crippen molar-refractivity contribution in [3.63, 3.8) is 0 Å². The first-order chi connectivity index (χ1) is 7.79. The number of benzene rings is 1. The first kappa shape index (κ1) is 11.7. The molecule has 2 N–H and O–H groups in total. The zero-order valence-corrected chi connectivity index (χ0v) is 10.2. The van der Waals surface area contributed by atoms with Gasteiger partial charge in [0.2, 0.25) is 0 Å². The van der Waals surface area contributed by atoms with Crippen LogP contribution in [-0.2, 0) is 6.42 Å². The molecule has 0 amide bonds. The van der Waals surface area contributed by atoms with E-state index in [1.165, 1.54) is 5.56 Å². The van der Waals surface area contributed by atoms with Gasteiger partial charge in [-0.15, -0.1) is 0 Å². The maximum Gasteiger partial charge on any atom is 0.137 e. The average molecular weight is 241 g/mol. The van der Waals surface area contributed by atoms with Crippen LogP contribution in [0.1, 0.15) is 5.56 Å². The first-order valence-electron chi connectivity index (χ1n) is 5.56. The minimum absolute atomic E-state index is 0.498. The minimum Gasteiger partial charge on any atom is -0.495 e. The molecule has 4 heteroatoms. The molecule has 1 fully saturated rings. The molecule has 88 valence electrons. The lowest BCUT2D eigenvalue weighted by Crippen LogP contribution is -2.49. The third kappa shape index (κ3) is 2.88. The summed E-state index contributed by atoms with van der Waals surface area (Å²) in [6, 6.07) is 6.48. The predicted octanol–water partition coefficient (Wildman–Crippen LogP) is 1.45. The highest BCUT2D eigenvalue weighted by Gasteiger charge is 2.13. The zero-order valence-electron chi connectivity index (χ0n) is 9.42. The van der Waals surface area contributed by atoms with Crippen molar-refractivity contribution in [2.24, 2.45) is 0 Å². The Hall–Kier alpha value is -0.770. The molecule has 0 radical (unpaired) electrons. The fourth-order valence-electron chi connectivity index (χ4n) is 1.98. The summed E-state index contributed by atoms with van der Waals surface area (Å²) in [5.74, 6) is 0.736. The molecule has 0 saturated carbocycles. The Morgan fingerprint density at radius 2 is 2.31 bits per heavy atom. The lowest BCUT2D eigenvalue weighted by Gasteiger charge is -2.24. The lowest BCUT2D eigenvalue weighted by molar-refractivity contribution is 0.411. The van der Waals surface area contributed by atoms with Gasteiger partial charge in [0, 0.05) is 25.7 Å². The highest BCUT2D eigenvalue weighted by Crippen LogP contribution is 2.25. The summed E-state index contributed by atoms with van der Waals surface area (Å²) in [5, 5.41) is 7.53. The average Bonchev–Trinajstić information content (AvgIpc) is 2.31. The van der Waals surface area contributed by atoms with Gasteiger partial charge in [-0.05, 0) is 24.1 Å². The van der Waals surface area contributed by atoms with E-state index in [4.69, 9.17) is 16.3 Å². The Morgan fingerprint density at radius 1 is 1.44 bits per heavy atom. The largest absolute Gasteiger partial charge is 0.495 e. The van der Waals surface area contributed by atoms with Crippen molar-refractivity contribution >= 4 is 11.6 Å². The number of halogens is 1. The van der Waals surface area contributed by atoms with Crippen molar-refractivity contribution < 1.29 is 4.74 Å². The van der Waals surface area contributed by atoms with Crippen molar-refractivity contribution in [1.82, 2.24) is 10.6 Å². The number of hydrogen-bond donors (Lipinski definition) is 2. The van der Waals surface area contributed by atoms with E-state index < -0.39 is 0 Å². The van der Waals surface area contributed by atoms with Gasteiger partial charge >= 0.3 is 0 Å². The molecule has 0 aliphatic carbocycles. The van der Waals surface area contributed by atoms with Crippen LogP contribution in [0.3, 0.4) is 0 Å². The molecule has 1 heterocycles. The molecule has 1 aliphatic heterocycles. The topological polar surface area (TPSA) is 33.3 Å². The second-order valence-electron chi connectivity index (χ2n) is 4.03. The highest BCUT2D eigenvalue weighted by molar-refractivity contribution is 6.32. The molecular formula is C12H17ClN2O. The van der Waals surface area contributed by atoms with Gasteiger partial charge in [-0.1, -0.05) is 17.7 Å². The fourth-order valence-corrected chi connectivity index (χ4v) is 2.26. The van der Waals surface area contributed by atoms with Gasteiger partial charge in [0.1, 0.15) is 5.75 Å². The molecule has 0 spiro atoms. The lowest BCUT2D eigenvalue weighted by atomic mass is 10.0. The van der Waals surface area contributed by atoms with Crippen LogP contribution < -0.4 is 15.4 Å². The van der Waals surface area contributed by atoms with Crippen LogP contribution in [0, 0.1) is 0 Å². The Morgan fingerprint density at radius 3 is 2.94 bits per heavy atom. The number of piperazine rings is 1. The van der Waals surface area contributed by atoms with Gasteiger partial charge in [-0.25, -0.2) is 0 Å². The smallest absolute Gasteiger partial charge is 0.137 e. The summed E-state index contributed by atoms with van der Waals surface area (Å²) in [4.78, 5) is 0. The second-order valence-corrected chi connectivity index (χ2v) is 4.44. The van der Waals surface area contributed by atoms with Crippen molar-refractivity contribution in [2.45, 2.75) is 12.5 Å². The van der Waals surface area contributed by atoms with Crippen LogP contribution in [0.15, 0.2) is 18.2 Å². The SMILES string of the molecule is COc1ccc(CC2CNCCN2)cc1Cl. The summed E-state index contributed by atoms with van der Waals surface area (Å²) >= 11 is 6.09. The van der Waals surface area contributed by atoms with Gasteiger partial charge < -0.3 is 15.4 Å². The Balaban J connectivity index is 2.01. The van der Waals surface area contributed by atoms with E-state index >= 15 is 0 Å². The van der Waals surface area contributed by atoms with E-state index in [1.807, 2.05) is 12.1 Å². The van der Waals surface area contributed by atoms with Gasteiger partial charge in [0.25, 0.3) is 0 Å². The number of hydrogen-bond acceptors (Lipinski definition) is 3. The summed E-state index contributed by atoms with van der Waals surface area (Å²) in [6.07, 6.45) is 0.997. The van der Waals surface area contributed by atoms with Crippen LogP contribution in [0.2, 0.25) is 5.02 Å². The summed E-state index contributed by atoms with van der Waals surface area (Å²) in [5.41, 5.74) is 1.24. The van der Waals surface area contributed by atoms with Crippen LogP contribution in [0.25, 0.3) is 0 Å². The minimum atomic E-state index is 0.498. The van der Waals surface area contributed by atoms with E-state index in [-0.39, 0.29) is 0 Å². The van der Waals surface area contributed by atoms with Crippen molar-refractivity contribution in [1.29, 1.82) is 0 Å². The quantitative estimate of drug-likeness (QED) is 0.839. The first-order valence-corrected chi connectivity index (χ1v) is 5.94. The number of ether oxygens (including phenoxy) is 1. The Labute approximate surface area is 101 Å². The van der Waals surface area contributed by atoms with Crippen molar-refractivity contribution in [3.05, 3.63) is 28.8 Å². The standard InChI is InChI=1S/C12H17ClN2O/c1-16-12-3-2-9(7-11(12)13)6-10-8-14-4-5-15-10/h2-3,7,10,14-15H,4-6,8H2,1H3. The van der Waals surface area contributed by atoms with E-state index in [9.17, 15) is 0 Å². The van der Waals surface area contributed by atoms with Crippen molar-refractivity contribution in [3.8, 4) is 5.75 Å². The molecule has 16 heavy (non-hydrogen) atoms. The third-order valence-electron chi connectivity index (χ3n) is 2.82. The molecule has 2 rings (SSSR count). The molecule has 1 aromatic carbocycles. The normalized spacial score (nSPS) is 20.8. The molecule has 1 aliphatic rings. The van der Waals surface area contributed by atoms with E-state index in [1.54, 1.807) is 7.11 Å². The monoisotopic (exact) mass is 240 g/mol. The Kier molecular flexibility index (Phi) is 4.04. The molecule has 1 saturated heterocycles. The molecular weight excluding hydrogens is 224 g/mol. The highest BCUT2D eigenvalue weighted by atomic mass is 35.5. The van der Waals surface area contributed by atoms with Crippen LogP contribution in [-0.4, -0.2) is 32.8 Å². The number of nitrogens with one attached hydrogen (secondary N) is 2. The van der Waals surface area contributed by atoms with E-state index in [0.717, 1.165) is 31.8 Å². The number of rotatable bonds is 3. The maximum atomic E-state index is 6.09. The zero-order chi connectivity index (χ0) is 11.4. The molecule has 1 unspecified atom stereocenters. The van der Waals surface area contributed by atoms with Crippen LogP contribution in [0.4, 0.5) is 0 Å². The molecule has 1 aromatic rings. The van der Waals surface area contributed by atoms with Gasteiger partial charge in [0.15, 0.2) is 0 Å². The Bertz CT molecular complexity index is 351. The van der Waals surface area contributed by atoms with Crippen molar-refractivity contribution in [2.75, 3.05) is 26.7 Å². The summed E-state index contributed by atoms with van der Waals surface area (Å²) in [6.45, 7) is 3.11. The van der Waals surface area contributed by atoms with Gasteiger partial charge in [0.05, 0.1) is 12.1 Å². The molecule has 0 aromatic heterocycles. The van der Waals surface area contributed by atoms with Crippen LogP contribution >= 0.6 is 11.6 Å². The third-order valence-corrected chi connectivity index (χ3v) is 3.12. The molecule has 3 nitrogen and oxygen atoms in total.